The first-order valence-corrected chi connectivity index (χ1v) is 7.76. The van der Waals surface area contributed by atoms with Crippen molar-refractivity contribution < 1.29 is 8.82 Å². The molecule has 1 aromatic carbocycles. The van der Waals surface area contributed by atoms with E-state index in [1.165, 1.54) is 12.1 Å². The van der Waals surface area contributed by atoms with Crippen LogP contribution in [0.1, 0.15) is 5.56 Å². The molecule has 0 fully saturated rings. The Kier molecular flexibility index (Phi) is 3.22. The van der Waals surface area contributed by atoms with E-state index in [-0.39, 0.29) is 5.82 Å². The summed E-state index contributed by atoms with van der Waals surface area (Å²) in [7, 11) is -1.48. The zero-order chi connectivity index (χ0) is 9.90. The molecule has 0 bridgehead atoms. The maximum absolute atomic E-state index is 12.7. The molecule has 0 spiro atoms. The zero-order valence-corrected chi connectivity index (χ0v) is 9.30. The zero-order valence-electron chi connectivity index (χ0n) is 8.30. The van der Waals surface area contributed by atoms with Crippen molar-refractivity contribution in [3.8, 4) is 0 Å². The van der Waals surface area contributed by atoms with Gasteiger partial charge in [0.1, 0.15) is 5.82 Å². The molecule has 0 amide bonds. The molecule has 0 saturated heterocycles. The third kappa shape index (κ3) is 4.19. The Morgan fingerprint density at radius 3 is 2.54 bits per heavy atom. The summed E-state index contributed by atoms with van der Waals surface area (Å²) in [6, 6.07) is 6.54. The molecule has 0 aliphatic rings. The summed E-state index contributed by atoms with van der Waals surface area (Å²) in [5.41, 5.74) is 0.905. The lowest BCUT2D eigenvalue weighted by Gasteiger charge is -2.16. The van der Waals surface area contributed by atoms with Crippen LogP contribution in [-0.2, 0) is 11.0 Å². The van der Waals surface area contributed by atoms with Crippen LogP contribution < -0.4 is 0 Å². The van der Waals surface area contributed by atoms with E-state index in [1.54, 1.807) is 6.07 Å². The predicted molar refractivity (Wildman–Crippen MR) is 54.5 cm³/mol. The van der Waals surface area contributed by atoms with Crippen LogP contribution in [0, 0.1) is 5.82 Å². The van der Waals surface area contributed by atoms with Gasteiger partial charge in [0.05, 0.1) is 6.61 Å². The summed E-state index contributed by atoms with van der Waals surface area (Å²) in [5.74, 6) is -0.198. The molecule has 0 saturated carbocycles. The summed E-state index contributed by atoms with van der Waals surface area (Å²) in [6.45, 7) is 6.87. The number of hydrogen-bond acceptors (Lipinski definition) is 1. The van der Waals surface area contributed by atoms with Crippen molar-refractivity contribution in [1.82, 2.24) is 0 Å². The fourth-order valence-corrected chi connectivity index (χ4v) is 1.53. The second-order valence-corrected chi connectivity index (χ2v) is 8.54. The van der Waals surface area contributed by atoms with Gasteiger partial charge in [-0.2, -0.15) is 0 Å². The van der Waals surface area contributed by atoms with Crippen molar-refractivity contribution >= 4 is 8.32 Å². The van der Waals surface area contributed by atoms with E-state index in [0.29, 0.717) is 6.61 Å². The van der Waals surface area contributed by atoms with Crippen LogP contribution in [0.3, 0.4) is 0 Å². The largest absolute Gasteiger partial charge is 0.413 e. The predicted octanol–water partition coefficient (Wildman–Crippen LogP) is 3.18. The van der Waals surface area contributed by atoms with Gasteiger partial charge in [-0.3, -0.25) is 0 Å². The standard InChI is InChI=1S/C10H15FOSi/c1-13(2,3)12-8-9-5-4-6-10(11)7-9/h4-7H,8H2,1-3H3. The molecule has 72 valence electrons. The molecule has 0 aliphatic heterocycles. The van der Waals surface area contributed by atoms with Gasteiger partial charge < -0.3 is 4.43 Å². The molecule has 0 N–H and O–H groups in total. The molecule has 1 nitrogen and oxygen atoms in total. The number of benzene rings is 1. The average molecular weight is 198 g/mol. The van der Waals surface area contributed by atoms with E-state index < -0.39 is 8.32 Å². The van der Waals surface area contributed by atoms with Crippen LogP contribution in [0.25, 0.3) is 0 Å². The summed E-state index contributed by atoms with van der Waals surface area (Å²) in [6.07, 6.45) is 0. The smallest absolute Gasteiger partial charge is 0.184 e. The van der Waals surface area contributed by atoms with Crippen LogP contribution in [0.15, 0.2) is 24.3 Å². The van der Waals surface area contributed by atoms with E-state index in [1.807, 2.05) is 6.07 Å². The minimum absolute atomic E-state index is 0.198. The van der Waals surface area contributed by atoms with Crippen LogP contribution in [0.4, 0.5) is 4.39 Å². The second kappa shape index (κ2) is 4.02. The van der Waals surface area contributed by atoms with Gasteiger partial charge >= 0.3 is 0 Å². The summed E-state index contributed by atoms with van der Waals surface area (Å²) in [4.78, 5) is 0. The lowest BCUT2D eigenvalue weighted by molar-refractivity contribution is 0.299. The second-order valence-electron chi connectivity index (χ2n) is 4.03. The summed E-state index contributed by atoms with van der Waals surface area (Å²) >= 11 is 0. The molecule has 0 aliphatic carbocycles. The first-order chi connectivity index (χ1) is 5.97. The highest BCUT2D eigenvalue weighted by atomic mass is 28.4. The van der Waals surface area contributed by atoms with E-state index in [2.05, 4.69) is 19.6 Å². The van der Waals surface area contributed by atoms with Crippen molar-refractivity contribution in [2.75, 3.05) is 0 Å². The lowest BCUT2D eigenvalue weighted by atomic mass is 10.2. The molecule has 0 radical (unpaired) electrons. The van der Waals surface area contributed by atoms with Gasteiger partial charge in [0.25, 0.3) is 0 Å². The lowest BCUT2D eigenvalue weighted by Crippen LogP contribution is -2.24. The van der Waals surface area contributed by atoms with Gasteiger partial charge in [0, 0.05) is 0 Å². The molecule has 1 rings (SSSR count). The Morgan fingerprint density at radius 1 is 1.31 bits per heavy atom. The Balaban J connectivity index is 2.55. The quantitative estimate of drug-likeness (QED) is 0.678. The molecule has 0 heterocycles. The van der Waals surface area contributed by atoms with E-state index in [0.717, 1.165) is 5.56 Å². The van der Waals surface area contributed by atoms with E-state index >= 15 is 0 Å². The molecule has 0 unspecified atom stereocenters. The molecule has 3 heteroatoms. The molecular formula is C10H15FOSi. The van der Waals surface area contributed by atoms with Gasteiger partial charge in [-0.05, 0) is 37.3 Å². The monoisotopic (exact) mass is 198 g/mol. The minimum atomic E-state index is -1.48. The van der Waals surface area contributed by atoms with Crippen molar-refractivity contribution in [1.29, 1.82) is 0 Å². The van der Waals surface area contributed by atoms with Crippen LogP contribution in [0.2, 0.25) is 19.6 Å². The summed E-state index contributed by atoms with van der Waals surface area (Å²) in [5, 5.41) is 0. The SMILES string of the molecule is C[Si](C)(C)OCc1cccc(F)c1. The number of halogens is 1. The van der Waals surface area contributed by atoms with Gasteiger partial charge in [-0.1, -0.05) is 12.1 Å². The Hall–Kier alpha value is -0.673. The number of hydrogen-bond donors (Lipinski definition) is 0. The van der Waals surface area contributed by atoms with Crippen molar-refractivity contribution in [2.24, 2.45) is 0 Å². The summed E-state index contributed by atoms with van der Waals surface area (Å²) < 4.78 is 18.4. The highest BCUT2D eigenvalue weighted by Crippen LogP contribution is 2.09. The number of rotatable bonds is 3. The maximum atomic E-state index is 12.7. The maximum Gasteiger partial charge on any atom is 0.184 e. The third-order valence-corrected chi connectivity index (χ3v) is 2.57. The average Bonchev–Trinajstić information content (AvgIpc) is 2.00. The van der Waals surface area contributed by atoms with Gasteiger partial charge in [-0.15, -0.1) is 0 Å². The van der Waals surface area contributed by atoms with Crippen LogP contribution >= 0.6 is 0 Å². The van der Waals surface area contributed by atoms with E-state index in [9.17, 15) is 4.39 Å². The highest BCUT2D eigenvalue weighted by Gasteiger charge is 2.13. The van der Waals surface area contributed by atoms with Crippen LogP contribution in [0.5, 0.6) is 0 Å². The topological polar surface area (TPSA) is 9.23 Å². The molecule has 0 aromatic heterocycles. The fourth-order valence-electron chi connectivity index (χ4n) is 0.927. The van der Waals surface area contributed by atoms with Crippen molar-refractivity contribution in [3.63, 3.8) is 0 Å². The normalized spacial score (nSPS) is 11.7. The first-order valence-electron chi connectivity index (χ1n) is 4.36. The molecular weight excluding hydrogens is 183 g/mol. The first kappa shape index (κ1) is 10.4. The molecule has 13 heavy (non-hydrogen) atoms. The van der Waals surface area contributed by atoms with Crippen molar-refractivity contribution in [3.05, 3.63) is 35.6 Å². The highest BCUT2D eigenvalue weighted by molar-refractivity contribution is 6.69. The third-order valence-electron chi connectivity index (χ3n) is 1.56. The van der Waals surface area contributed by atoms with Crippen LogP contribution in [-0.4, -0.2) is 8.32 Å². The molecule has 1 aromatic rings. The van der Waals surface area contributed by atoms with Gasteiger partial charge in [0.2, 0.25) is 0 Å². The Labute approximate surface area is 79.7 Å². The Bertz CT molecular complexity index is 280. The van der Waals surface area contributed by atoms with Gasteiger partial charge in [-0.25, -0.2) is 4.39 Å². The Morgan fingerprint density at radius 2 is 2.00 bits per heavy atom. The van der Waals surface area contributed by atoms with E-state index in [4.69, 9.17) is 4.43 Å². The van der Waals surface area contributed by atoms with Crippen molar-refractivity contribution in [2.45, 2.75) is 26.2 Å². The minimum Gasteiger partial charge on any atom is -0.413 e. The fraction of sp³-hybridized carbons (Fsp3) is 0.400. The molecule has 0 atom stereocenters. The van der Waals surface area contributed by atoms with Gasteiger partial charge in [0.15, 0.2) is 8.32 Å².